The van der Waals surface area contributed by atoms with E-state index >= 15 is 0 Å². The normalized spacial score (nSPS) is 10.6. The molecule has 0 bridgehead atoms. The van der Waals surface area contributed by atoms with E-state index in [0.29, 0.717) is 52.7 Å². The molecule has 0 amide bonds. The lowest BCUT2D eigenvalue weighted by Gasteiger charge is -2.07. The van der Waals surface area contributed by atoms with Crippen molar-refractivity contribution < 1.29 is 23.7 Å². The second-order valence-corrected chi connectivity index (χ2v) is 4.97. The largest absolute Gasteiger partial charge is 0.463 e. The molecule has 0 aliphatic rings. The zero-order valence-corrected chi connectivity index (χ0v) is 14.0. The second-order valence-electron chi connectivity index (χ2n) is 4.97. The Bertz CT molecular complexity index is 255. The predicted octanol–water partition coefficient (Wildman–Crippen LogP) is 3.13. The molecule has 0 aromatic heterocycles. The number of ether oxygens (including phenoxy) is 4. The first-order valence-corrected chi connectivity index (χ1v) is 8.31. The summed E-state index contributed by atoms with van der Waals surface area (Å²) < 4.78 is 20.9. The molecule has 0 atom stereocenters. The number of hydrogen-bond acceptors (Lipinski definition) is 5. The summed E-state index contributed by atoms with van der Waals surface area (Å²) >= 11 is 0. The van der Waals surface area contributed by atoms with Gasteiger partial charge in [-0.3, -0.25) is 4.79 Å². The molecule has 0 fully saturated rings. The highest BCUT2D eigenvalue weighted by atomic mass is 16.6. The van der Waals surface area contributed by atoms with Gasteiger partial charge in [0.15, 0.2) is 0 Å². The molecular formula is C17H32O5. The van der Waals surface area contributed by atoms with Gasteiger partial charge in [0.2, 0.25) is 0 Å². The first-order valence-electron chi connectivity index (χ1n) is 8.31. The molecule has 0 heterocycles. The molecule has 22 heavy (non-hydrogen) atoms. The number of carbonyl (C=O) groups is 1. The van der Waals surface area contributed by atoms with Crippen LogP contribution in [-0.4, -0.2) is 52.2 Å². The maximum Gasteiger partial charge on any atom is 0.305 e. The van der Waals surface area contributed by atoms with Crippen LogP contribution in [0.15, 0.2) is 12.7 Å². The van der Waals surface area contributed by atoms with E-state index in [2.05, 4.69) is 13.5 Å². The SMILES string of the molecule is C=CCOCCOCCOCCOC(=O)CCCCCCC. The molecule has 130 valence electrons. The summed E-state index contributed by atoms with van der Waals surface area (Å²) in [4.78, 5) is 11.4. The molecule has 0 saturated carbocycles. The van der Waals surface area contributed by atoms with Crippen LogP contribution in [0.5, 0.6) is 0 Å². The van der Waals surface area contributed by atoms with Crippen molar-refractivity contribution in [2.75, 3.05) is 46.2 Å². The van der Waals surface area contributed by atoms with Crippen molar-refractivity contribution in [1.29, 1.82) is 0 Å². The van der Waals surface area contributed by atoms with E-state index in [9.17, 15) is 4.79 Å². The van der Waals surface area contributed by atoms with E-state index in [1.54, 1.807) is 6.08 Å². The first-order chi connectivity index (χ1) is 10.8. The van der Waals surface area contributed by atoms with Gasteiger partial charge in [0.1, 0.15) is 6.61 Å². The van der Waals surface area contributed by atoms with Crippen molar-refractivity contribution in [3.8, 4) is 0 Å². The Balaban J connectivity index is 3.12. The van der Waals surface area contributed by atoms with Crippen molar-refractivity contribution in [3.05, 3.63) is 12.7 Å². The van der Waals surface area contributed by atoms with Gasteiger partial charge in [0.05, 0.1) is 39.6 Å². The standard InChI is InChI=1S/C17H32O5/c1-3-5-6-7-8-9-17(18)22-16-15-21-14-13-20-12-11-19-10-4-2/h4H,2-3,5-16H2,1H3. The smallest absolute Gasteiger partial charge is 0.305 e. The lowest BCUT2D eigenvalue weighted by Crippen LogP contribution is -2.13. The maximum atomic E-state index is 11.4. The Morgan fingerprint density at radius 1 is 0.864 bits per heavy atom. The minimum Gasteiger partial charge on any atom is -0.463 e. The highest BCUT2D eigenvalue weighted by Crippen LogP contribution is 2.05. The van der Waals surface area contributed by atoms with Crippen molar-refractivity contribution in [1.82, 2.24) is 0 Å². The Morgan fingerprint density at radius 2 is 1.45 bits per heavy atom. The summed E-state index contributed by atoms with van der Waals surface area (Å²) in [6, 6.07) is 0. The number of esters is 1. The van der Waals surface area contributed by atoms with Crippen LogP contribution < -0.4 is 0 Å². The molecular weight excluding hydrogens is 284 g/mol. The van der Waals surface area contributed by atoms with Crippen molar-refractivity contribution >= 4 is 5.97 Å². The van der Waals surface area contributed by atoms with E-state index in [1.807, 2.05) is 0 Å². The Kier molecular flexibility index (Phi) is 17.4. The number of carbonyl (C=O) groups excluding carboxylic acids is 1. The maximum absolute atomic E-state index is 11.4. The van der Waals surface area contributed by atoms with Crippen molar-refractivity contribution in [2.45, 2.75) is 45.4 Å². The molecule has 0 rings (SSSR count). The van der Waals surface area contributed by atoms with Crippen LogP contribution in [0, 0.1) is 0 Å². The van der Waals surface area contributed by atoms with E-state index in [1.165, 1.54) is 19.3 Å². The molecule has 0 N–H and O–H groups in total. The Morgan fingerprint density at radius 3 is 2.09 bits per heavy atom. The minimum atomic E-state index is -0.129. The minimum absolute atomic E-state index is 0.129. The summed E-state index contributed by atoms with van der Waals surface area (Å²) in [5.74, 6) is -0.129. The van der Waals surface area contributed by atoms with Crippen LogP contribution in [0.4, 0.5) is 0 Å². The molecule has 0 saturated heterocycles. The van der Waals surface area contributed by atoms with E-state index < -0.39 is 0 Å². The van der Waals surface area contributed by atoms with Gasteiger partial charge in [0, 0.05) is 6.42 Å². The van der Waals surface area contributed by atoms with E-state index in [0.717, 1.165) is 12.8 Å². The molecule has 0 aromatic rings. The Labute approximate surface area is 135 Å². The molecule has 0 aliphatic heterocycles. The fraction of sp³-hybridized carbons (Fsp3) is 0.824. The van der Waals surface area contributed by atoms with Crippen LogP contribution in [0.3, 0.4) is 0 Å². The third-order valence-electron chi connectivity index (χ3n) is 2.95. The summed E-state index contributed by atoms with van der Waals surface area (Å²) in [6.07, 6.45) is 7.89. The number of hydrogen-bond donors (Lipinski definition) is 0. The number of unbranched alkanes of at least 4 members (excludes halogenated alkanes) is 4. The van der Waals surface area contributed by atoms with Gasteiger partial charge >= 0.3 is 5.97 Å². The lowest BCUT2D eigenvalue weighted by atomic mass is 10.1. The second kappa shape index (κ2) is 18.1. The van der Waals surface area contributed by atoms with Gasteiger partial charge in [-0.05, 0) is 6.42 Å². The number of rotatable bonds is 17. The quantitative estimate of drug-likeness (QED) is 0.234. The van der Waals surface area contributed by atoms with Crippen LogP contribution in [0.25, 0.3) is 0 Å². The van der Waals surface area contributed by atoms with Crippen LogP contribution in [0.2, 0.25) is 0 Å². The lowest BCUT2D eigenvalue weighted by molar-refractivity contribution is -0.145. The highest BCUT2D eigenvalue weighted by molar-refractivity contribution is 5.69. The molecule has 0 unspecified atom stereocenters. The van der Waals surface area contributed by atoms with Crippen LogP contribution in [0.1, 0.15) is 45.4 Å². The van der Waals surface area contributed by atoms with Gasteiger partial charge in [0.25, 0.3) is 0 Å². The molecule has 0 aromatic carbocycles. The predicted molar refractivity (Wildman–Crippen MR) is 87.0 cm³/mol. The first kappa shape index (κ1) is 21.1. The molecule has 0 spiro atoms. The summed E-state index contributed by atoms with van der Waals surface area (Å²) in [7, 11) is 0. The molecule has 0 radical (unpaired) electrons. The zero-order chi connectivity index (χ0) is 16.3. The Hall–Kier alpha value is -0.910. The zero-order valence-electron chi connectivity index (χ0n) is 14.0. The van der Waals surface area contributed by atoms with Gasteiger partial charge in [-0.25, -0.2) is 0 Å². The van der Waals surface area contributed by atoms with Gasteiger partial charge in [-0.1, -0.05) is 38.7 Å². The third kappa shape index (κ3) is 17.1. The van der Waals surface area contributed by atoms with E-state index in [-0.39, 0.29) is 5.97 Å². The molecule has 5 heteroatoms. The van der Waals surface area contributed by atoms with Gasteiger partial charge in [-0.15, -0.1) is 6.58 Å². The van der Waals surface area contributed by atoms with Crippen molar-refractivity contribution in [3.63, 3.8) is 0 Å². The highest BCUT2D eigenvalue weighted by Gasteiger charge is 2.02. The fourth-order valence-corrected chi connectivity index (χ4v) is 1.77. The molecule has 5 nitrogen and oxygen atoms in total. The van der Waals surface area contributed by atoms with Crippen LogP contribution >= 0.6 is 0 Å². The summed E-state index contributed by atoms with van der Waals surface area (Å²) in [6.45, 7) is 9.12. The topological polar surface area (TPSA) is 54.0 Å². The summed E-state index contributed by atoms with van der Waals surface area (Å²) in [5, 5.41) is 0. The summed E-state index contributed by atoms with van der Waals surface area (Å²) in [5.41, 5.74) is 0. The van der Waals surface area contributed by atoms with Gasteiger partial charge in [-0.2, -0.15) is 0 Å². The van der Waals surface area contributed by atoms with Crippen LogP contribution in [-0.2, 0) is 23.7 Å². The third-order valence-corrected chi connectivity index (χ3v) is 2.95. The van der Waals surface area contributed by atoms with E-state index in [4.69, 9.17) is 18.9 Å². The van der Waals surface area contributed by atoms with Crippen molar-refractivity contribution in [2.24, 2.45) is 0 Å². The molecule has 0 aliphatic carbocycles. The average molecular weight is 316 g/mol. The van der Waals surface area contributed by atoms with Gasteiger partial charge < -0.3 is 18.9 Å². The fourth-order valence-electron chi connectivity index (χ4n) is 1.77. The average Bonchev–Trinajstić information content (AvgIpc) is 2.52. The monoisotopic (exact) mass is 316 g/mol.